The molecule has 5 nitrogen and oxygen atoms in total. The Labute approximate surface area is 176 Å². The lowest BCUT2D eigenvalue weighted by molar-refractivity contribution is -0.175. The van der Waals surface area contributed by atoms with E-state index in [2.05, 4.69) is 39.7 Å². The van der Waals surface area contributed by atoms with Gasteiger partial charge in [-0.25, -0.2) is 0 Å². The van der Waals surface area contributed by atoms with Crippen molar-refractivity contribution >= 4 is 22.5 Å². The molecule has 3 aromatic rings. The first-order valence-electron chi connectivity index (χ1n) is 10.2. The number of benzene rings is 1. The first kappa shape index (κ1) is 19.1. The summed E-state index contributed by atoms with van der Waals surface area (Å²) in [5, 5.41) is 2.03. The van der Waals surface area contributed by atoms with E-state index in [-0.39, 0.29) is 0 Å². The molecule has 0 unspecified atom stereocenters. The summed E-state index contributed by atoms with van der Waals surface area (Å²) < 4.78 is 14.9. The van der Waals surface area contributed by atoms with Crippen LogP contribution in [0.4, 0.5) is 0 Å². The minimum absolute atomic E-state index is 0.595. The van der Waals surface area contributed by atoms with Crippen molar-refractivity contribution in [2.24, 2.45) is 0 Å². The fourth-order valence-electron chi connectivity index (χ4n) is 4.70. The monoisotopic (exact) mass is 411 g/mol. The molecule has 5 rings (SSSR count). The molecule has 0 bridgehead atoms. The zero-order valence-corrected chi connectivity index (χ0v) is 17.7. The number of nitrogens with zero attached hydrogens (tertiary/aromatic N) is 3. The van der Waals surface area contributed by atoms with Crippen LogP contribution in [0.1, 0.15) is 22.5 Å². The molecule has 2 aliphatic heterocycles. The summed E-state index contributed by atoms with van der Waals surface area (Å²) in [6.45, 7) is 5.91. The van der Waals surface area contributed by atoms with Gasteiger partial charge in [-0.3, -0.25) is 4.98 Å². The molecule has 29 heavy (non-hydrogen) atoms. The van der Waals surface area contributed by atoms with Crippen molar-refractivity contribution in [2.75, 3.05) is 33.4 Å². The lowest BCUT2D eigenvalue weighted by atomic mass is 10.1. The number of fused-ring (bicyclic) bond motifs is 3. The number of ether oxygens (including phenoxy) is 2. The molecule has 0 saturated carbocycles. The Balaban J connectivity index is 1.66. The van der Waals surface area contributed by atoms with E-state index in [1.807, 2.05) is 25.3 Å². The van der Waals surface area contributed by atoms with Gasteiger partial charge in [-0.05, 0) is 56.3 Å². The number of rotatable bonds is 3. The smallest absolute Gasteiger partial charge is 0.213 e. The third-order valence-electron chi connectivity index (χ3n) is 6.18. The highest BCUT2D eigenvalue weighted by atomic mass is 35.5. The van der Waals surface area contributed by atoms with Gasteiger partial charge in [0.25, 0.3) is 0 Å². The zero-order chi connectivity index (χ0) is 20.0. The Morgan fingerprint density at radius 2 is 1.90 bits per heavy atom. The lowest BCUT2D eigenvalue weighted by Gasteiger charge is -2.30. The average molecular weight is 412 g/mol. The van der Waals surface area contributed by atoms with Crippen molar-refractivity contribution in [3.05, 3.63) is 64.1 Å². The van der Waals surface area contributed by atoms with E-state index >= 15 is 0 Å². The molecule has 2 aliphatic rings. The van der Waals surface area contributed by atoms with Crippen molar-refractivity contribution in [3.8, 4) is 0 Å². The van der Waals surface area contributed by atoms with E-state index in [1.165, 1.54) is 22.2 Å². The third kappa shape index (κ3) is 3.36. The lowest BCUT2D eigenvalue weighted by Crippen LogP contribution is -2.33. The summed E-state index contributed by atoms with van der Waals surface area (Å²) in [6.07, 6.45) is 3.86. The highest BCUT2D eigenvalue weighted by Crippen LogP contribution is 2.38. The molecule has 1 aromatic carbocycles. The van der Waals surface area contributed by atoms with Crippen LogP contribution in [0.5, 0.6) is 0 Å². The van der Waals surface area contributed by atoms with Crippen LogP contribution < -0.4 is 0 Å². The van der Waals surface area contributed by atoms with Crippen molar-refractivity contribution in [1.82, 2.24) is 14.5 Å². The summed E-state index contributed by atoms with van der Waals surface area (Å²) >= 11 is 6.37. The van der Waals surface area contributed by atoms with Crippen LogP contribution in [-0.2, 0) is 34.6 Å². The second-order valence-electron chi connectivity index (χ2n) is 8.11. The van der Waals surface area contributed by atoms with Gasteiger partial charge in [0.1, 0.15) is 0 Å². The predicted octanol–water partition coefficient (Wildman–Crippen LogP) is 3.93. The summed E-state index contributed by atoms with van der Waals surface area (Å²) in [5.74, 6) is -0.786. The molecule has 0 radical (unpaired) electrons. The number of likely N-dealkylation sites (N-methyl/N-ethyl adjacent to an activating group) is 1. The van der Waals surface area contributed by atoms with Crippen LogP contribution >= 0.6 is 11.6 Å². The summed E-state index contributed by atoms with van der Waals surface area (Å²) in [5.41, 5.74) is 5.97. The molecule has 2 aromatic heterocycles. The highest BCUT2D eigenvalue weighted by Gasteiger charge is 2.40. The van der Waals surface area contributed by atoms with Gasteiger partial charge in [0.2, 0.25) is 5.79 Å². The Hall–Kier alpha value is -1.92. The van der Waals surface area contributed by atoms with Crippen LogP contribution in [0, 0.1) is 6.92 Å². The Kier molecular flexibility index (Phi) is 4.87. The molecule has 152 valence electrons. The Bertz CT molecular complexity index is 1060. The summed E-state index contributed by atoms with van der Waals surface area (Å²) in [6, 6.07) is 10.3. The van der Waals surface area contributed by atoms with E-state index in [0.717, 1.165) is 42.2 Å². The van der Waals surface area contributed by atoms with Crippen LogP contribution in [0.3, 0.4) is 0 Å². The highest BCUT2D eigenvalue weighted by molar-refractivity contribution is 6.31. The van der Waals surface area contributed by atoms with Crippen molar-refractivity contribution < 1.29 is 9.47 Å². The SMILES string of the molecule is Cc1cc(C2(Cn3c4c(c5cc(Cl)ccc53)CCN(C)CC4)OCCO2)ccn1. The van der Waals surface area contributed by atoms with Gasteiger partial charge < -0.3 is 18.9 Å². The second kappa shape index (κ2) is 7.40. The normalized spacial score (nSPS) is 19.4. The average Bonchev–Trinajstić information content (AvgIpc) is 3.23. The fraction of sp³-hybridized carbons (Fsp3) is 0.435. The number of aromatic nitrogens is 2. The van der Waals surface area contributed by atoms with Gasteiger partial charge in [0, 0.05) is 58.6 Å². The van der Waals surface area contributed by atoms with E-state index < -0.39 is 5.79 Å². The fourth-order valence-corrected chi connectivity index (χ4v) is 4.87. The van der Waals surface area contributed by atoms with Gasteiger partial charge in [0.15, 0.2) is 0 Å². The number of hydrogen-bond donors (Lipinski definition) is 0. The number of halogens is 1. The van der Waals surface area contributed by atoms with Crippen molar-refractivity contribution in [1.29, 1.82) is 0 Å². The van der Waals surface area contributed by atoms with E-state index in [0.29, 0.717) is 19.8 Å². The molecule has 4 heterocycles. The van der Waals surface area contributed by atoms with Gasteiger partial charge in [-0.15, -0.1) is 0 Å². The first-order valence-corrected chi connectivity index (χ1v) is 10.6. The number of aryl methyl sites for hydroxylation is 1. The van der Waals surface area contributed by atoms with Crippen LogP contribution in [-0.4, -0.2) is 47.8 Å². The van der Waals surface area contributed by atoms with Gasteiger partial charge in [0.05, 0.1) is 19.8 Å². The third-order valence-corrected chi connectivity index (χ3v) is 6.41. The summed E-state index contributed by atoms with van der Waals surface area (Å²) in [7, 11) is 2.19. The molecule has 1 fully saturated rings. The maximum absolute atomic E-state index is 6.37. The topological polar surface area (TPSA) is 39.5 Å². The Morgan fingerprint density at radius 3 is 2.69 bits per heavy atom. The maximum atomic E-state index is 6.37. The molecule has 6 heteroatoms. The predicted molar refractivity (Wildman–Crippen MR) is 114 cm³/mol. The van der Waals surface area contributed by atoms with Crippen molar-refractivity contribution in [3.63, 3.8) is 0 Å². The van der Waals surface area contributed by atoms with Crippen LogP contribution in [0.25, 0.3) is 10.9 Å². The molecule has 0 amide bonds. The maximum Gasteiger partial charge on any atom is 0.213 e. The van der Waals surface area contributed by atoms with Crippen LogP contribution in [0.15, 0.2) is 36.5 Å². The quantitative estimate of drug-likeness (QED) is 0.654. The molecule has 0 aliphatic carbocycles. The minimum atomic E-state index is -0.786. The zero-order valence-electron chi connectivity index (χ0n) is 16.9. The van der Waals surface area contributed by atoms with Gasteiger partial charge >= 0.3 is 0 Å². The van der Waals surface area contributed by atoms with Crippen molar-refractivity contribution in [2.45, 2.75) is 32.1 Å². The Morgan fingerprint density at radius 1 is 1.10 bits per heavy atom. The molecule has 1 saturated heterocycles. The minimum Gasteiger partial charge on any atom is -0.342 e. The number of hydrogen-bond acceptors (Lipinski definition) is 4. The molecular weight excluding hydrogens is 386 g/mol. The van der Waals surface area contributed by atoms with E-state index in [1.54, 1.807) is 0 Å². The number of pyridine rings is 1. The van der Waals surface area contributed by atoms with Crippen LogP contribution in [0.2, 0.25) is 5.02 Å². The van der Waals surface area contributed by atoms with E-state index in [4.69, 9.17) is 21.1 Å². The molecule has 0 spiro atoms. The molecule has 0 atom stereocenters. The molecule has 0 N–H and O–H groups in total. The summed E-state index contributed by atoms with van der Waals surface area (Å²) in [4.78, 5) is 6.75. The van der Waals surface area contributed by atoms with Gasteiger partial charge in [-0.1, -0.05) is 11.6 Å². The second-order valence-corrected chi connectivity index (χ2v) is 8.55. The largest absolute Gasteiger partial charge is 0.342 e. The standard InChI is InChI=1S/C23H26ClN3O2/c1-16-13-17(5-8-25-16)23(28-11-12-29-23)15-27-21-4-3-18(24)14-20(21)19-6-9-26(2)10-7-22(19)27/h3-5,8,13-14H,6-7,9-12,15H2,1-2H3. The van der Waals surface area contributed by atoms with Gasteiger partial charge in [-0.2, -0.15) is 0 Å². The first-order chi connectivity index (χ1) is 14.1. The van der Waals surface area contributed by atoms with E-state index in [9.17, 15) is 0 Å². The molecular formula is C23H26ClN3O2.